The maximum absolute atomic E-state index is 8.85. The van der Waals surface area contributed by atoms with Gasteiger partial charge in [0.25, 0.3) is 0 Å². The first-order chi connectivity index (χ1) is 8.31. The van der Waals surface area contributed by atoms with Gasteiger partial charge in [0.15, 0.2) is 5.11 Å². The molecular weight excluding hydrogens is 234 g/mol. The average Bonchev–Trinajstić information content (AvgIpc) is 2.39. The molecule has 17 heavy (non-hydrogen) atoms. The number of hydrogen-bond donors (Lipinski definition) is 2. The van der Waals surface area contributed by atoms with Crippen molar-refractivity contribution in [3.63, 3.8) is 0 Å². The van der Waals surface area contributed by atoms with Crippen molar-refractivity contribution in [1.29, 1.82) is 0 Å². The smallest absolute Gasteiger partial charge is 0.175 e. The van der Waals surface area contributed by atoms with Crippen LogP contribution in [-0.2, 0) is 0 Å². The fourth-order valence-corrected chi connectivity index (χ4v) is 2.07. The second-order valence-corrected chi connectivity index (χ2v) is 4.40. The van der Waals surface area contributed by atoms with Gasteiger partial charge >= 0.3 is 0 Å². The second-order valence-electron chi connectivity index (χ2n) is 4.02. The number of aliphatic hydroxyl groups is 1. The minimum Gasteiger partial charge on any atom is -0.396 e. The molecule has 1 aliphatic rings. The Morgan fingerprint density at radius 2 is 2.06 bits per heavy atom. The van der Waals surface area contributed by atoms with E-state index >= 15 is 0 Å². The Morgan fingerprint density at radius 3 is 2.76 bits per heavy atom. The number of benzene rings is 1. The number of para-hydroxylation sites is 1. The van der Waals surface area contributed by atoms with E-state index in [0.717, 1.165) is 37.1 Å². The van der Waals surface area contributed by atoms with E-state index in [9.17, 15) is 0 Å². The lowest BCUT2D eigenvalue weighted by Gasteiger charge is -2.37. The van der Waals surface area contributed by atoms with E-state index in [1.165, 1.54) is 0 Å². The summed E-state index contributed by atoms with van der Waals surface area (Å²) in [5.41, 5.74) is 1.10. The summed E-state index contributed by atoms with van der Waals surface area (Å²) in [6.45, 7) is 2.62. The molecule has 0 saturated carbocycles. The SMILES string of the molecule is OCCCN1CNC(=S)N(c2ccccc2)C1. The summed E-state index contributed by atoms with van der Waals surface area (Å²) in [5.74, 6) is 0. The van der Waals surface area contributed by atoms with Crippen LogP contribution in [0.4, 0.5) is 5.69 Å². The van der Waals surface area contributed by atoms with Crippen LogP contribution in [0.2, 0.25) is 0 Å². The molecule has 0 aromatic heterocycles. The van der Waals surface area contributed by atoms with Gasteiger partial charge in [0.1, 0.15) is 0 Å². The highest BCUT2D eigenvalue weighted by atomic mass is 32.1. The molecule has 0 bridgehead atoms. The number of hydrogen-bond acceptors (Lipinski definition) is 3. The summed E-state index contributed by atoms with van der Waals surface area (Å²) in [5, 5.41) is 12.8. The molecule has 92 valence electrons. The van der Waals surface area contributed by atoms with Crippen molar-refractivity contribution in [2.75, 3.05) is 31.4 Å². The van der Waals surface area contributed by atoms with Crippen molar-refractivity contribution >= 4 is 23.0 Å². The quantitative estimate of drug-likeness (QED) is 0.781. The van der Waals surface area contributed by atoms with E-state index in [1.807, 2.05) is 30.3 Å². The van der Waals surface area contributed by atoms with Crippen LogP contribution < -0.4 is 10.2 Å². The van der Waals surface area contributed by atoms with Crippen LogP contribution in [0.1, 0.15) is 6.42 Å². The fourth-order valence-electron chi connectivity index (χ4n) is 1.84. The van der Waals surface area contributed by atoms with Gasteiger partial charge < -0.3 is 15.3 Å². The van der Waals surface area contributed by atoms with Gasteiger partial charge in [-0.25, -0.2) is 0 Å². The molecule has 1 fully saturated rings. The molecule has 5 heteroatoms. The molecule has 0 atom stereocenters. The van der Waals surface area contributed by atoms with Crippen molar-refractivity contribution in [3.05, 3.63) is 30.3 Å². The monoisotopic (exact) mass is 251 g/mol. The zero-order valence-corrected chi connectivity index (χ0v) is 10.5. The molecule has 1 saturated heterocycles. The van der Waals surface area contributed by atoms with E-state index in [1.54, 1.807) is 0 Å². The standard InChI is InChI=1S/C12H17N3OS/c16-8-4-7-14-9-13-12(17)15(10-14)11-5-2-1-3-6-11/h1-3,5-6,16H,4,7-10H2,(H,13,17). The van der Waals surface area contributed by atoms with E-state index in [-0.39, 0.29) is 6.61 Å². The first kappa shape index (κ1) is 12.3. The molecule has 2 N–H and O–H groups in total. The van der Waals surface area contributed by atoms with Crippen LogP contribution in [0, 0.1) is 0 Å². The molecule has 0 aliphatic carbocycles. The van der Waals surface area contributed by atoms with Gasteiger partial charge in [-0.15, -0.1) is 0 Å². The lowest BCUT2D eigenvalue weighted by atomic mass is 10.3. The van der Waals surface area contributed by atoms with Gasteiger partial charge in [-0.3, -0.25) is 4.90 Å². The van der Waals surface area contributed by atoms with E-state index in [4.69, 9.17) is 17.3 Å². The van der Waals surface area contributed by atoms with Crippen LogP contribution in [-0.4, -0.2) is 41.6 Å². The molecule has 0 radical (unpaired) electrons. The molecule has 1 heterocycles. The van der Waals surface area contributed by atoms with Crippen molar-refractivity contribution in [2.45, 2.75) is 6.42 Å². The summed E-state index contributed by atoms with van der Waals surface area (Å²) in [6.07, 6.45) is 0.789. The molecule has 1 aromatic carbocycles. The summed E-state index contributed by atoms with van der Waals surface area (Å²) in [4.78, 5) is 4.29. The Balaban J connectivity index is 2.02. The Hall–Kier alpha value is -1.17. The molecule has 1 aromatic rings. The van der Waals surface area contributed by atoms with E-state index in [0.29, 0.717) is 0 Å². The predicted octanol–water partition coefficient (Wildman–Crippen LogP) is 0.980. The Morgan fingerprint density at radius 1 is 1.29 bits per heavy atom. The van der Waals surface area contributed by atoms with Crippen LogP contribution in [0.5, 0.6) is 0 Å². The van der Waals surface area contributed by atoms with Gasteiger partial charge in [0.2, 0.25) is 0 Å². The number of aliphatic hydroxyl groups excluding tert-OH is 1. The van der Waals surface area contributed by atoms with Gasteiger partial charge in [0.05, 0.1) is 13.3 Å². The Labute approximate surface area is 107 Å². The largest absolute Gasteiger partial charge is 0.396 e. The molecule has 0 unspecified atom stereocenters. The van der Waals surface area contributed by atoms with Gasteiger partial charge in [0, 0.05) is 18.8 Å². The predicted molar refractivity (Wildman–Crippen MR) is 72.8 cm³/mol. The molecule has 4 nitrogen and oxygen atoms in total. The minimum absolute atomic E-state index is 0.228. The number of anilines is 1. The van der Waals surface area contributed by atoms with Gasteiger partial charge in [-0.1, -0.05) is 18.2 Å². The van der Waals surface area contributed by atoms with Crippen LogP contribution >= 0.6 is 12.2 Å². The first-order valence-electron chi connectivity index (χ1n) is 5.75. The topological polar surface area (TPSA) is 38.7 Å². The van der Waals surface area contributed by atoms with Crippen molar-refractivity contribution in [3.8, 4) is 0 Å². The number of thiocarbonyl (C=S) groups is 1. The van der Waals surface area contributed by atoms with E-state index < -0.39 is 0 Å². The van der Waals surface area contributed by atoms with Crippen molar-refractivity contribution in [1.82, 2.24) is 10.2 Å². The highest BCUT2D eigenvalue weighted by Gasteiger charge is 2.20. The molecule has 1 aliphatic heterocycles. The van der Waals surface area contributed by atoms with Crippen LogP contribution in [0.3, 0.4) is 0 Å². The fraction of sp³-hybridized carbons (Fsp3) is 0.417. The van der Waals surface area contributed by atoms with E-state index in [2.05, 4.69) is 15.1 Å². The van der Waals surface area contributed by atoms with Gasteiger partial charge in [-0.2, -0.15) is 0 Å². The zero-order chi connectivity index (χ0) is 12.1. The first-order valence-corrected chi connectivity index (χ1v) is 6.15. The van der Waals surface area contributed by atoms with Crippen LogP contribution in [0.25, 0.3) is 0 Å². The number of rotatable bonds is 4. The maximum atomic E-state index is 8.85. The molecular formula is C12H17N3OS. The molecule has 0 spiro atoms. The lowest BCUT2D eigenvalue weighted by molar-refractivity contribution is 0.217. The van der Waals surface area contributed by atoms with Crippen molar-refractivity contribution < 1.29 is 5.11 Å². The summed E-state index contributed by atoms with van der Waals surface area (Å²) in [6, 6.07) is 10.1. The lowest BCUT2D eigenvalue weighted by Crippen LogP contribution is -2.56. The van der Waals surface area contributed by atoms with Crippen molar-refractivity contribution in [2.24, 2.45) is 0 Å². The highest BCUT2D eigenvalue weighted by Crippen LogP contribution is 2.16. The third-order valence-corrected chi connectivity index (χ3v) is 3.11. The number of nitrogens with zero attached hydrogens (tertiary/aromatic N) is 2. The summed E-state index contributed by atoms with van der Waals surface area (Å²) >= 11 is 5.31. The Bertz CT molecular complexity index is 371. The summed E-state index contributed by atoms with van der Waals surface area (Å²) in [7, 11) is 0. The number of nitrogens with one attached hydrogen (secondary N) is 1. The second kappa shape index (κ2) is 5.95. The highest BCUT2D eigenvalue weighted by molar-refractivity contribution is 7.80. The summed E-state index contributed by atoms with van der Waals surface area (Å²) < 4.78 is 0. The minimum atomic E-state index is 0.228. The average molecular weight is 251 g/mol. The third kappa shape index (κ3) is 3.15. The maximum Gasteiger partial charge on any atom is 0.175 e. The van der Waals surface area contributed by atoms with Gasteiger partial charge in [-0.05, 0) is 30.8 Å². The molecule has 2 rings (SSSR count). The molecule has 0 amide bonds. The zero-order valence-electron chi connectivity index (χ0n) is 9.67. The third-order valence-electron chi connectivity index (χ3n) is 2.74. The Kier molecular flexibility index (Phi) is 4.30. The normalized spacial score (nSPS) is 17.0. The van der Waals surface area contributed by atoms with Crippen LogP contribution in [0.15, 0.2) is 30.3 Å².